The van der Waals surface area contributed by atoms with E-state index in [1.165, 1.54) is 18.4 Å². The lowest BCUT2D eigenvalue weighted by molar-refractivity contribution is -0.133. The van der Waals surface area contributed by atoms with Gasteiger partial charge in [0.15, 0.2) is 0 Å². The minimum Gasteiger partial charge on any atom is -0.338 e. The highest BCUT2D eigenvalue weighted by Crippen LogP contribution is 2.32. The topological polar surface area (TPSA) is 41.4 Å². The van der Waals surface area contributed by atoms with Crippen LogP contribution < -0.4 is 0 Å². The molecule has 2 heterocycles. The third kappa shape index (κ3) is 4.41. The Morgan fingerprint density at radius 2 is 1.96 bits per heavy atom. The molecule has 1 amide bonds. The molecule has 2 aliphatic rings. The van der Waals surface area contributed by atoms with E-state index < -0.39 is 0 Å². The van der Waals surface area contributed by atoms with Crippen LogP contribution in [-0.4, -0.2) is 51.2 Å². The number of benzene rings is 1. The Hall–Kier alpha value is -2.14. The lowest BCUT2D eigenvalue weighted by Crippen LogP contribution is -2.47. The summed E-state index contributed by atoms with van der Waals surface area (Å²) >= 11 is 0. The van der Waals surface area contributed by atoms with Crippen molar-refractivity contribution in [3.63, 3.8) is 0 Å². The predicted octanol–water partition coefficient (Wildman–Crippen LogP) is 3.34. The third-order valence-electron chi connectivity index (χ3n) is 5.79. The monoisotopic (exact) mass is 366 g/mol. The summed E-state index contributed by atoms with van der Waals surface area (Å²) in [4.78, 5) is 17.4. The van der Waals surface area contributed by atoms with Gasteiger partial charge in [-0.25, -0.2) is 4.68 Å². The van der Waals surface area contributed by atoms with Crippen LogP contribution in [0.5, 0.6) is 0 Å². The molecular formula is C22H30N4O. The number of carbonyl (C=O) groups excluding carboxylic acids is 1. The third-order valence-corrected chi connectivity index (χ3v) is 5.79. The van der Waals surface area contributed by atoms with Gasteiger partial charge in [0.2, 0.25) is 5.91 Å². The molecule has 2 fully saturated rings. The van der Waals surface area contributed by atoms with Crippen molar-refractivity contribution in [2.24, 2.45) is 11.8 Å². The lowest BCUT2D eigenvalue weighted by atomic mass is 10.0. The molecular weight excluding hydrogens is 336 g/mol. The summed E-state index contributed by atoms with van der Waals surface area (Å²) in [5.74, 6) is 1.55. The van der Waals surface area contributed by atoms with Gasteiger partial charge < -0.3 is 4.90 Å². The van der Waals surface area contributed by atoms with E-state index in [1.54, 1.807) is 0 Å². The molecule has 1 aromatic carbocycles. The van der Waals surface area contributed by atoms with Crippen LogP contribution in [0.2, 0.25) is 0 Å². The van der Waals surface area contributed by atoms with Gasteiger partial charge >= 0.3 is 0 Å². The molecule has 27 heavy (non-hydrogen) atoms. The maximum absolute atomic E-state index is 12.8. The van der Waals surface area contributed by atoms with Gasteiger partial charge in [-0.3, -0.25) is 9.69 Å². The highest BCUT2D eigenvalue weighted by atomic mass is 16.2. The Bertz CT molecular complexity index is 766. The summed E-state index contributed by atoms with van der Waals surface area (Å²) in [6, 6.07) is 10.5. The lowest BCUT2D eigenvalue weighted by Gasteiger charge is -2.34. The van der Waals surface area contributed by atoms with Gasteiger partial charge in [-0.1, -0.05) is 32.0 Å². The second-order valence-electron chi connectivity index (χ2n) is 8.41. The Balaban J connectivity index is 1.46. The fourth-order valence-electron chi connectivity index (χ4n) is 3.99. The van der Waals surface area contributed by atoms with E-state index in [2.05, 4.69) is 47.1 Å². The number of amides is 1. The van der Waals surface area contributed by atoms with Crippen molar-refractivity contribution in [3.05, 3.63) is 48.3 Å². The molecule has 0 unspecified atom stereocenters. The molecule has 1 atom stereocenters. The SMILES string of the molecule is CC(C)[C@H]1CN(Cc2cnn(-c3ccccc3)c2)CCC(=O)N1CC1CC1. The normalized spacial score (nSPS) is 21.7. The fraction of sp³-hybridized carbons (Fsp3) is 0.545. The van der Waals surface area contributed by atoms with Crippen molar-refractivity contribution in [1.29, 1.82) is 0 Å². The molecule has 4 rings (SSSR count). The van der Waals surface area contributed by atoms with Crippen LogP contribution in [0.4, 0.5) is 0 Å². The number of rotatable bonds is 6. The summed E-state index contributed by atoms with van der Waals surface area (Å²) in [5, 5.41) is 4.52. The summed E-state index contributed by atoms with van der Waals surface area (Å²) in [5.41, 5.74) is 2.27. The van der Waals surface area contributed by atoms with E-state index in [0.29, 0.717) is 24.3 Å². The van der Waals surface area contributed by atoms with Gasteiger partial charge in [-0.15, -0.1) is 0 Å². The second kappa shape index (κ2) is 7.85. The quantitative estimate of drug-likeness (QED) is 0.787. The first kappa shape index (κ1) is 18.2. The van der Waals surface area contributed by atoms with E-state index in [-0.39, 0.29) is 0 Å². The van der Waals surface area contributed by atoms with E-state index in [9.17, 15) is 4.79 Å². The molecule has 1 aliphatic heterocycles. The average molecular weight is 367 g/mol. The number of para-hydroxylation sites is 1. The van der Waals surface area contributed by atoms with Crippen LogP contribution >= 0.6 is 0 Å². The zero-order valence-corrected chi connectivity index (χ0v) is 16.4. The molecule has 5 heteroatoms. The van der Waals surface area contributed by atoms with Gasteiger partial charge in [0, 0.05) is 50.4 Å². The molecule has 1 saturated heterocycles. The Kier molecular flexibility index (Phi) is 5.30. The van der Waals surface area contributed by atoms with Crippen LogP contribution in [0.15, 0.2) is 42.7 Å². The van der Waals surface area contributed by atoms with Crippen molar-refractivity contribution in [1.82, 2.24) is 19.6 Å². The Morgan fingerprint density at radius 1 is 1.19 bits per heavy atom. The summed E-state index contributed by atoms with van der Waals surface area (Å²) in [6.45, 7) is 8.08. The van der Waals surface area contributed by atoms with E-state index in [4.69, 9.17) is 0 Å². The van der Waals surface area contributed by atoms with E-state index >= 15 is 0 Å². The Morgan fingerprint density at radius 3 is 2.67 bits per heavy atom. The number of aromatic nitrogens is 2. The number of carbonyl (C=O) groups is 1. The van der Waals surface area contributed by atoms with Crippen molar-refractivity contribution >= 4 is 5.91 Å². The zero-order valence-electron chi connectivity index (χ0n) is 16.4. The van der Waals surface area contributed by atoms with Crippen LogP contribution in [0.1, 0.15) is 38.7 Å². The molecule has 5 nitrogen and oxygen atoms in total. The van der Waals surface area contributed by atoms with Crippen LogP contribution in [0, 0.1) is 11.8 Å². The summed E-state index contributed by atoms with van der Waals surface area (Å²) in [6.07, 6.45) is 7.26. The van der Waals surface area contributed by atoms with Gasteiger partial charge in [-0.2, -0.15) is 5.10 Å². The second-order valence-corrected chi connectivity index (χ2v) is 8.41. The molecule has 144 valence electrons. The standard InChI is InChI=1S/C22H30N4O/c1-17(2)21-16-24(11-10-22(27)25(21)14-18-8-9-18)13-19-12-23-26(15-19)20-6-4-3-5-7-20/h3-7,12,15,17-18,21H,8-11,13-14,16H2,1-2H3/t21-/m1/s1. The number of hydrogen-bond donors (Lipinski definition) is 0. The molecule has 0 radical (unpaired) electrons. The van der Waals surface area contributed by atoms with Crippen LogP contribution in [0.25, 0.3) is 5.69 Å². The Labute approximate surface area is 162 Å². The highest BCUT2D eigenvalue weighted by molar-refractivity contribution is 5.77. The smallest absolute Gasteiger partial charge is 0.224 e. The largest absolute Gasteiger partial charge is 0.338 e. The van der Waals surface area contributed by atoms with Crippen molar-refractivity contribution < 1.29 is 4.79 Å². The van der Waals surface area contributed by atoms with Crippen molar-refractivity contribution in [2.45, 2.75) is 45.7 Å². The number of hydrogen-bond acceptors (Lipinski definition) is 3. The predicted molar refractivity (Wildman–Crippen MR) is 107 cm³/mol. The minimum absolute atomic E-state index is 0.310. The molecule has 0 N–H and O–H groups in total. The molecule has 1 saturated carbocycles. The van der Waals surface area contributed by atoms with Gasteiger partial charge in [0.25, 0.3) is 0 Å². The molecule has 0 spiro atoms. The zero-order chi connectivity index (χ0) is 18.8. The first-order valence-electron chi connectivity index (χ1n) is 10.2. The van der Waals surface area contributed by atoms with Crippen molar-refractivity contribution in [3.8, 4) is 5.69 Å². The van der Waals surface area contributed by atoms with Gasteiger partial charge in [0.1, 0.15) is 0 Å². The average Bonchev–Trinajstić information content (AvgIpc) is 3.40. The molecule has 1 aromatic heterocycles. The highest BCUT2D eigenvalue weighted by Gasteiger charge is 2.35. The summed E-state index contributed by atoms with van der Waals surface area (Å²) < 4.78 is 1.93. The van der Waals surface area contributed by atoms with Crippen molar-refractivity contribution in [2.75, 3.05) is 19.6 Å². The first-order valence-corrected chi connectivity index (χ1v) is 10.2. The fourth-order valence-corrected chi connectivity index (χ4v) is 3.99. The summed E-state index contributed by atoms with van der Waals surface area (Å²) in [7, 11) is 0. The van der Waals surface area contributed by atoms with Crippen LogP contribution in [0.3, 0.4) is 0 Å². The number of nitrogens with zero attached hydrogens (tertiary/aromatic N) is 4. The molecule has 0 bridgehead atoms. The van der Waals surface area contributed by atoms with Crippen LogP contribution in [-0.2, 0) is 11.3 Å². The van der Waals surface area contributed by atoms with E-state index in [0.717, 1.165) is 37.8 Å². The van der Waals surface area contributed by atoms with Gasteiger partial charge in [-0.05, 0) is 36.8 Å². The maximum Gasteiger partial charge on any atom is 0.224 e. The minimum atomic E-state index is 0.310. The first-order chi connectivity index (χ1) is 13.1. The molecule has 2 aromatic rings. The molecule has 1 aliphatic carbocycles. The van der Waals surface area contributed by atoms with E-state index in [1.807, 2.05) is 29.1 Å². The maximum atomic E-state index is 12.8. The van der Waals surface area contributed by atoms with Gasteiger partial charge in [0.05, 0.1) is 11.9 Å².